The van der Waals surface area contributed by atoms with Gasteiger partial charge in [0.05, 0.1) is 0 Å². The number of hydrogen-bond donors (Lipinski definition) is 0. The molecule has 0 N–H and O–H groups in total. The van der Waals surface area contributed by atoms with Crippen LogP contribution in [0.5, 0.6) is 0 Å². The summed E-state index contributed by atoms with van der Waals surface area (Å²) < 4.78 is 0. The molecule has 55 valence electrons. The molecule has 0 aromatic carbocycles. The Hall–Kier alpha value is -0.520. The van der Waals surface area contributed by atoms with E-state index in [-0.39, 0.29) is 0 Å². The first-order chi connectivity index (χ1) is 4.63. The molecule has 1 aliphatic carbocycles. The Balaban J connectivity index is 2.88. The summed E-state index contributed by atoms with van der Waals surface area (Å²) in [5, 5.41) is 0. The molecule has 0 amide bonds. The molecule has 1 radical (unpaired) electrons. The van der Waals surface area contributed by atoms with Crippen LogP contribution >= 0.6 is 0 Å². The summed E-state index contributed by atoms with van der Waals surface area (Å²) in [7, 11) is 0. The van der Waals surface area contributed by atoms with E-state index in [4.69, 9.17) is 0 Å². The van der Waals surface area contributed by atoms with Crippen molar-refractivity contribution in [2.45, 2.75) is 27.7 Å². The van der Waals surface area contributed by atoms with Crippen LogP contribution in [-0.2, 0) is 0 Å². The lowest BCUT2D eigenvalue weighted by molar-refractivity contribution is 0.714. The zero-order valence-electron chi connectivity index (χ0n) is 7.23. The van der Waals surface area contributed by atoms with Crippen molar-refractivity contribution < 1.29 is 0 Å². The average Bonchev–Trinajstić information content (AvgIpc) is 1.93. The fourth-order valence-electron chi connectivity index (χ4n) is 1.22. The van der Waals surface area contributed by atoms with Crippen LogP contribution in [0.3, 0.4) is 0 Å². The topological polar surface area (TPSA) is 0 Å². The monoisotopic (exact) mass is 135 g/mol. The van der Waals surface area contributed by atoms with Crippen LogP contribution in [0.4, 0.5) is 0 Å². The second-order valence-electron chi connectivity index (χ2n) is 3.17. The van der Waals surface area contributed by atoms with Gasteiger partial charge in [0, 0.05) is 5.92 Å². The predicted octanol–water partition coefficient (Wildman–Crippen LogP) is 3.12. The smallest absolute Gasteiger partial charge is 0.00135 e. The summed E-state index contributed by atoms with van der Waals surface area (Å²) in [4.78, 5) is 0. The van der Waals surface area contributed by atoms with Crippen molar-refractivity contribution in [1.82, 2.24) is 0 Å². The Kier molecular flexibility index (Phi) is 1.98. The largest absolute Gasteiger partial charge is 0.0769 e. The van der Waals surface area contributed by atoms with Gasteiger partial charge in [0.1, 0.15) is 0 Å². The predicted molar refractivity (Wildman–Crippen MR) is 45.6 cm³/mol. The molecule has 0 aromatic rings. The molecule has 0 heteroatoms. The standard InChI is InChI=1S/C10H15/c1-7-5-6-8(2)10(4)9(7)3/h5-6,9H,1-4H3. The molecule has 0 saturated heterocycles. The molecule has 0 fully saturated rings. The Labute approximate surface area is 63.6 Å². The average molecular weight is 135 g/mol. The maximum atomic E-state index is 2.26. The first-order valence-corrected chi connectivity index (χ1v) is 3.82. The van der Waals surface area contributed by atoms with E-state index in [0.29, 0.717) is 5.92 Å². The normalized spacial score (nSPS) is 27.8. The van der Waals surface area contributed by atoms with E-state index < -0.39 is 0 Å². The Bertz CT molecular complexity index is 184. The summed E-state index contributed by atoms with van der Waals surface area (Å²) in [6, 6.07) is 0. The highest BCUT2D eigenvalue weighted by molar-refractivity contribution is 5.36. The third kappa shape index (κ3) is 1.16. The maximum Gasteiger partial charge on any atom is 0.00135 e. The zero-order valence-corrected chi connectivity index (χ0v) is 7.23. The van der Waals surface area contributed by atoms with Gasteiger partial charge < -0.3 is 0 Å². The van der Waals surface area contributed by atoms with Crippen LogP contribution in [0, 0.1) is 11.8 Å². The van der Waals surface area contributed by atoms with Gasteiger partial charge in [-0.05, 0) is 19.8 Å². The molecule has 1 atom stereocenters. The Morgan fingerprint density at radius 3 is 2.20 bits per heavy atom. The Morgan fingerprint density at radius 2 is 1.70 bits per heavy atom. The lowest BCUT2D eigenvalue weighted by Gasteiger charge is -2.22. The lowest BCUT2D eigenvalue weighted by Crippen LogP contribution is -2.09. The minimum Gasteiger partial charge on any atom is -0.0769 e. The molecule has 0 bridgehead atoms. The first-order valence-electron chi connectivity index (χ1n) is 3.82. The van der Waals surface area contributed by atoms with Crippen LogP contribution in [0.15, 0.2) is 23.3 Å². The molecule has 0 aromatic heterocycles. The van der Waals surface area contributed by atoms with Gasteiger partial charge in [0.15, 0.2) is 0 Å². The molecule has 0 saturated carbocycles. The van der Waals surface area contributed by atoms with E-state index in [1.54, 1.807) is 0 Å². The minimum atomic E-state index is 0.657. The van der Waals surface area contributed by atoms with Gasteiger partial charge in [-0.25, -0.2) is 0 Å². The van der Waals surface area contributed by atoms with Gasteiger partial charge in [0.2, 0.25) is 0 Å². The van der Waals surface area contributed by atoms with Crippen LogP contribution in [0.2, 0.25) is 0 Å². The third-order valence-corrected chi connectivity index (χ3v) is 2.55. The fraction of sp³-hybridized carbons (Fsp3) is 0.500. The molecule has 1 aliphatic rings. The van der Waals surface area contributed by atoms with Crippen LogP contribution < -0.4 is 0 Å². The highest BCUT2D eigenvalue weighted by atomic mass is 14.2. The molecular formula is C10H15. The van der Waals surface area contributed by atoms with Crippen molar-refractivity contribution in [1.29, 1.82) is 0 Å². The van der Waals surface area contributed by atoms with Gasteiger partial charge in [-0.3, -0.25) is 0 Å². The van der Waals surface area contributed by atoms with Crippen LogP contribution in [-0.4, -0.2) is 0 Å². The zero-order chi connectivity index (χ0) is 7.72. The quantitative estimate of drug-likeness (QED) is 0.478. The van der Waals surface area contributed by atoms with Gasteiger partial charge in [-0.2, -0.15) is 0 Å². The van der Waals surface area contributed by atoms with Crippen molar-refractivity contribution >= 4 is 0 Å². The van der Waals surface area contributed by atoms with E-state index in [1.807, 2.05) is 0 Å². The van der Waals surface area contributed by atoms with E-state index in [0.717, 1.165) is 0 Å². The van der Waals surface area contributed by atoms with Crippen molar-refractivity contribution in [2.24, 2.45) is 5.92 Å². The Morgan fingerprint density at radius 1 is 1.10 bits per heavy atom. The van der Waals surface area contributed by atoms with E-state index >= 15 is 0 Å². The minimum absolute atomic E-state index is 0.657. The van der Waals surface area contributed by atoms with Crippen molar-refractivity contribution in [3.05, 3.63) is 29.2 Å². The SMILES string of the molecule is C[C]1C=CC(C)=C(C)C1C. The molecule has 0 nitrogen and oxygen atoms in total. The highest BCUT2D eigenvalue weighted by Crippen LogP contribution is 2.29. The summed E-state index contributed by atoms with van der Waals surface area (Å²) in [6.07, 6.45) is 4.41. The molecule has 0 heterocycles. The second kappa shape index (κ2) is 2.61. The number of allylic oxidation sites excluding steroid dienone is 4. The molecule has 1 rings (SSSR count). The molecule has 0 spiro atoms. The van der Waals surface area contributed by atoms with Crippen molar-refractivity contribution in [3.63, 3.8) is 0 Å². The molecular weight excluding hydrogens is 120 g/mol. The maximum absolute atomic E-state index is 2.26. The summed E-state index contributed by atoms with van der Waals surface area (Å²) in [6.45, 7) is 8.84. The van der Waals surface area contributed by atoms with Crippen LogP contribution in [0.1, 0.15) is 27.7 Å². The first kappa shape index (κ1) is 7.59. The van der Waals surface area contributed by atoms with Gasteiger partial charge >= 0.3 is 0 Å². The number of rotatable bonds is 0. The summed E-state index contributed by atoms with van der Waals surface area (Å²) >= 11 is 0. The van der Waals surface area contributed by atoms with E-state index in [2.05, 4.69) is 39.8 Å². The van der Waals surface area contributed by atoms with E-state index in [1.165, 1.54) is 17.1 Å². The molecule has 1 unspecified atom stereocenters. The van der Waals surface area contributed by atoms with Crippen molar-refractivity contribution in [3.8, 4) is 0 Å². The summed E-state index contributed by atoms with van der Waals surface area (Å²) in [5.74, 6) is 2.13. The van der Waals surface area contributed by atoms with Gasteiger partial charge in [-0.15, -0.1) is 0 Å². The summed E-state index contributed by atoms with van der Waals surface area (Å²) in [5.41, 5.74) is 2.94. The van der Waals surface area contributed by atoms with E-state index in [9.17, 15) is 0 Å². The lowest BCUT2D eigenvalue weighted by atomic mass is 9.83. The van der Waals surface area contributed by atoms with Crippen molar-refractivity contribution in [2.75, 3.05) is 0 Å². The second-order valence-corrected chi connectivity index (χ2v) is 3.17. The fourth-order valence-corrected chi connectivity index (χ4v) is 1.22. The van der Waals surface area contributed by atoms with Gasteiger partial charge in [0.25, 0.3) is 0 Å². The number of hydrogen-bond acceptors (Lipinski definition) is 0. The van der Waals surface area contributed by atoms with Crippen LogP contribution in [0.25, 0.3) is 0 Å². The highest BCUT2D eigenvalue weighted by Gasteiger charge is 2.16. The molecule has 0 aliphatic heterocycles. The third-order valence-electron chi connectivity index (χ3n) is 2.55. The molecule has 10 heavy (non-hydrogen) atoms. The van der Waals surface area contributed by atoms with Gasteiger partial charge in [-0.1, -0.05) is 37.1 Å².